The van der Waals surface area contributed by atoms with Crippen LogP contribution in [0.5, 0.6) is 0 Å². The minimum atomic E-state index is -3.83. The Morgan fingerprint density at radius 2 is 1.67 bits per heavy atom. The average molecular weight is 396 g/mol. The van der Waals surface area contributed by atoms with E-state index in [0.717, 1.165) is 26.4 Å². The van der Waals surface area contributed by atoms with Crippen LogP contribution in [0.3, 0.4) is 0 Å². The van der Waals surface area contributed by atoms with Crippen LogP contribution in [-0.2, 0) is 20.9 Å². The lowest BCUT2D eigenvalue weighted by molar-refractivity contribution is 0.309. The number of fused-ring (bicyclic) bond motifs is 1. The standard InChI is InChI=1S/C21H17NO3S2/c1-15-8-5-6-13-19(15)27(23,24)25-14-17-11-7-12-18-20(17)22-21(26-18)16-9-3-2-4-10-16/h2-13H,14H2,1H3. The molecule has 0 amide bonds. The van der Waals surface area contributed by atoms with Gasteiger partial charge >= 0.3 is 0 Å². The van der Waals surface area contributed by atoms with E-state index in [2.05, 4.69) is 0 Å². The third-order valence-electron chi connectivity index (χ3n) is 4.26. The molecule has 3 aromatic carbocycles. The Balaban J connectivity index is 1.65. The van der Waals surface area contributed by atoms with Crippen LogP contribution in [0.25, 0.3) is 20.8 Å². The summed E-state index contributed by atoms with van der Waals surface area (Å²) in [5.41, 5.74) is 3.23. The molecule has 0 atom stereocenters. The lowest BCUT2D eigenvalue weighted by atomic mass is 10.2. The lowest BCUT2D eigenvalue weighted by Gasteiger charge is -2.08. The second kappa shape index (κ2) is 7.23. The van der Waals surface area contributed by atoms with Crippen LogP contribution in [-0.4, -0.2) is 13.4 Å². The molecule has 136 valence electrons. The van der Waals surface area contributed by atoms with Crippen molar-refractivity contribution in [2.75, 3.05) is 0 Å². The van der Waals surface area contributed by atoms with Crippen molar-refractivity contribution in [3.05, 3.63) is 83.9 Å². The van der Waals surface area contributed by atoms with Gasteiger partial charge in [0.25, 0.3) is 10.1 Å². The number of para-hydroxylation sites is 1. The fourth-order valence-electron chi connectivity index (χ4n) is 2.87. The average Bonchev–Trinajstić information content (AvgIpc) is 3.12. The fraction of sp³-hybridized carbons (Fsp3) is 0.0952. The highest BCUT2D eigenvalue weighted by Gasteiger charge is 2.19. The first kappa shape index (κ1) is 17.9. The smallest absolute Gasteiger partial charge is 0.261 e. The summed E-state index contributed by atoms with van der Waals surface area (Å²) in [4.78, 5) is 4.91. The third kappa shape index (κ3) is 3.64. The van der Waals surface area contributed by atoms with Crippen molar-refractivity contribution in [1.82, 2.24) is 4.98 Å². The van der Waals surface area contributed by atoms with Crippen molar-refractivity contribution in [3.63, 3.8) is 0 Å². The van der Waals surface area contributed by atoms with Gasteiger partial charge in [-0.2, -0.15) is 8.42 Å². The van der Waals surface area contributed by atoms with Gasteiger partial charge in [0.2, 0.25) is 0 Å². The highest BCUT2D eigenvalue weighted by Crippen LogP contribution is 2.32. The summed E-state index contributed by atoms with van der Waals surface area (Å²) in [5.74, 6) is 0. The number of aryl methyl sites for hydroxylation is 1. The van der Waals surface area contributed by atoms with Crippen LogP contribution in [0.4, 0.5) is 0 Å². The molecule has 0 bridgehead atoms. The van der Waals surface area contributed by atoms with Gasteiger partial charge in [0, 0.05) is 11.1 Å². The van der Waals surface area contributed by atoms with Crippen LogP contribution in [0, 0.1) is 6.92 Å². The normalized spacial score (nSPS) is 11.7. The van der Waals surface area contributed by atoms with E-state index in [1.54, 1.807) is 42.5 Å². The van der Waals surface area contributed by atoms with E-state index in [9.17, 15) is 8.42 Å². The Kier molecular flexibility index (Phi) is 4.78. The van der Waals surface area contributed by atoms with Gasteiger partial charge in [0.1, 0.15) is 5.01 Å². The second-order valence-corrected chi connectivity index (χ2v) is 8.75. The summed E-state index contributed by atoms with van der Waals surface area (Å²) in [6.45, 7) is 1.70. The summed E-state index contributed by atoms with van der Waals surface area (Å²) in [5, 5.41) is 0.903. The molecule has 0 saturated heterocycles. The molecule has 0 aliphatic rings. The van der Waals surface area contributed by atoms with E-state index >= 15 is 0 Å². The number of benzene rings is 3. The molecule has 4 rings (SSSR count). The van der Waals surface area contributed by atoms with Crippen LogP contribution in [0.15, 0.2) is 77.7 Å². The topological polar surface area (TPSA) is 56.3 Å². The van der Waals surface area contributed by atoms with Gasteiger partial charge in [-0.15, -0.1) is 11.3 Å². The van der Waals surface area contributed by atoms with Gasteiger partial charge in [0.05, 0.1) is 21.7 Å². The minimum Gasteiger partial charge on any atom is -0.261 e. The number of hydrogen-bond donors (Lipinski definition) is 0. The van der Waals surface area contributed by atoms with Crippen molar-refractivity contribution in [2.45, 2.75) is 18.4 Å². The molecule has 4 aromatic rings. The zero-order valence-electron chi connectivity index (χ0n) is 14.6. The van der Waals surface area contributed by atoms with Gasteiger partial charge in [-0.25, -0.2) is 4.98 Å². The summed E-state index contributed by atoms with van der Waals surface area (Å²) in [7, 11) is -3.83. The molecule has 0 unspecified atom stereocenters. The van der Waals surface area contributed by atoms with E-state index < -0.39 is 10.1 Å². The lowest BCUT2D eigenvalue weighted by Crippen LogP contribution is -2.08. The predicted molar refractivity (Wildman–Crippen MR) is 108 cm³/mol. The maximum Gasteiger partial charge on any atom is 0.297 e. The predicted octanol–water partition coefficient (Wildman–Crippen LogP) is 5.18. The first-order valence-corrected chi connectivity index (χ1v) is 10.7. The molecular formula is C21H17NO3S2. The Morgan fingerprint density at radius 1 is 0.926 bits per heavy atom. The molecule has 0 fully saturated rings. The van der Waals surface area contributed by atoms with Crippen LogP contribution in [0.2, 0.25) is 0 Å². The SMILES string of the molecule is Cc1ccccc1S(=O)(=O)OCc1cccc2sc(-c3ccccc3)nc12. The number of nitrogens with zero attached hydrogens (tertiary/aromatic N) is 1. The number of thiazole rings is 1. The summed E-state index contributed by atoms with van der Waals surface area (Å²) < 4.78 is 31.4. The Bertz CT molecular complexity index is 1200. The van der Waals surface area contributed by atoms with E-state index in [1.165, 1.54) is 0 Å². The first-order valence-electron chi connectivity index (χ1n) is 8.43. The van der Waals surface area contributed by atoms with Gasteiger partial charge in [-0.05, 0) is 24.6 Å². The maximum atomic E-state index is 12.5. The zero-order chi connectivity index (χ0) is 18.9. The van der Waals surface area contributed by atoms with E-state index in [1.807, 2.05) is 48.5 Å². The van der Waals surface area contributed by atoms with Crippen molar-refractivity contribution in [1.29, 1.82) is 0 Å². The van der Waals surface area contributed by atoms with Crippen molar-refractivity contribution >= 4 is 31.7 Å². The Labute approximate surface area is 162 Å². The maximum absolute atomic E-state index is 12.5. The number of hydrogen-bond acceptors (Lipinski definition) is 5. The molecule has 1 aromatic heterocycles. The van der Waals surface area contributed by atoms with Gasteiger partial charge in [0.15, 0.2) is 0 Å². The van der Waals surface area contributed by atoms with E-state index in [4.69, 9.17) is 9.17 Å². The van der Waals surface area contributed by atoms with Gasteiger partial charge in [-0.3, -0.25) is 4.18 Å². The highest BCUT2D eigenvalue weighted by molar-refractivity contribution is 7.86. The molecule has 0 aliphatic heterocycles. The summed E-state index contributed by atoms with van der Waals surface area (Å²) >= 11 is 1.58. The van der Waals surface area contributed by atoms with E-state index in [-0.39, 0.29) is 11.5 Å². The largest absolute Gasteiger partial charge is 0.297 e. The highest BCUT2D eigenvalue weighted by atomic mass is 32.2. The minimum absolute atomic E-state index is 0.0496. The van der Waals surface area contributed by atoms with Crippen LogP contribution >= 0.6 is 11.3 Å². The fourth-order valence-corrected chi connectivity index (χ4v) is 5.00. The summed E-state index contributed by atoms with van der Waals surface area (Å²) in [6, 6.07) is 22.5. The molecule has 4 nitrogen and oxygen atoms in total. The third-order valence-corrected chi connectivity index (χ3v) is 6.75. The van der Waals surface area contributed by atoms with Crippen molar-refractivity contribution < 1.29 is 12.6 Å². The van der Waals surface area contributed by atoms with E-state index in [0.29, 0.717) is 5.56 Å². The summed E-state index contributed by atoms with van der Waals surface area (Å²) in [6.07, 6.45) is 0. The molecule has 1 heterocycles. The van der Waals surface area contributed by atoms with Crippen molar-refractivity contribution in [2.24, 2.45) is 0 Å². The number of rotatable bonds is 5. The molecule has 0 saturated carbocycles. The first-order chi connectivity index (χ1) is 13.0. The molecule has 0 radical (unpaired) electrons. The molecule has 6 heteroatoms. The van der Waals surface area contributed by atoms with Crippen molar-refractivity contribution in [3.8, 4) is 10.6 Å². The Hall–Kier alpha value is -2.54. The molecule has 0 spiro atoms. The molecule has 0 N–H and O–H groups in total. The monoisotopic (exact) mass is 395 g/mol. The van der Waals surface area contributed by atoms with Gasteiger partial charge in [-0.1, -0.05) is 60.7 Å². The number of aromatic nitrogens is 1. The molecular weight excluding hydrogens is 378 g/mol. The van der Waals surface area contributed by atoms with Crippen LogP contribution in [0.1, 0.15) is 11.1 Å². The zero-order valence-corrected chi connectivity index (χ0v) is 16.3. The van der Waals surface area contributed by atoms with Gasteiger partial charge < -0.3 is 0 Å². The Morgan fingerprint density at radius 3 is 2.44 bits per heavy atom. The second-order valence-electron chi connectivity index (χ2n) is 6.13. The quantitative estimate of drug-likeness (QED) is 0.437. The molecule has 27 heavy (non-hydrogen) atoms. The molecule has 0 aliphatic carbocycles. The van der Waals surface area contributed by atoms with Crippen LogP contribution < -0.4 is 0 Å².